The Hall–Kier alpha value is -1.45. The highest BCUT2D eigenvalue weighted by atomic mass is 16.5. The molecule has 0 fully saturated rings. The molecule has 0 saturated heterocycles. The summed E-state index contributed by atoms with van der Waals surface area (Å²) in [6, 6.07) is 3.74. The number of nitrogens with zero attached hydrogens (tertiary/aromatic N) is 2. The third kappa shape index (κ3) is 4.20. The van der Waals surface area contributed by atoms with Gasteiger partial charge in [-0.05, 0) is 25.0 Å². The fraction of sp³-hybridized carbons (Fsp3) is 0.444. The normalized spacial score (nSPS) is 9.62. The number of hydrogen-bond acceptors (Lipinski definition) is 4. The van der Waals surface area contributed by atoms with Crippen LogP contribution in [0, 0.1) is 0 Å². The molecule has 0 aliphatic rings. The van der Waals surface area contributed by atoms with Crippen LogP contribution in [0.1, 0.15) is 19.0 Å². The van der Waals surface area contributed by atoms with E-state index in [-0.39, 0.29) is 5.97 Å². The van der Waals surface area contributed by atoms with Crippen molar-refractivity contribution in [1.82, 2.24) is 10.2 Å². The van der Waals surface area contributed by atoms with Crippen LogP contribution in [-0.4, -0.2) is 22.8 Å². The van der Waals surface area contributed by atoms with Crippen molar-refractivity contribution in [2.75, 3.05) is 6.61 Å². The van der Waals surface area contributed by atoms with Crippen molar-refractivity contribution in [2.24, 2.45) is 0 Å². The number of ether oxygens (including phenoxy) is 1. The number of aromatic nitrogens is 2. The second kappa shape index (κ2) is 5.24. The Morgan fingerprint density at radius 3 is 3.08 bits per heavy atom. The highest BCUT2D eigenvalue weighted by molar-refractivity contribution is 5.65. The molecule has 0 radical (unpaired) electrons. The molecule has 1 heterocycles. The second-order valence-corrected chi connectivity index (χ2v) is 2.66. The third-order valence-corrected chi connectivity index (χ3v) is 1.51. The number of esters is 1. The zero-order valence-corrected chi connectivity index (χ0v) is 7.56. The van der Waals surface area contributed by atoms with Gasteiger partial charge in [0, 0.05) is 13.1 Å². The topological polar surface area (TPSA) is 52.1 Å². The van der Waals surface area contributed by atoms with Crippen LogP contribution in [0.25, 0.3) is 0 Å². The Balaban J connectivity index is 2.17. The molecule has 4 heteroatoms. The van der Waals surface area contributed by atoms with Crippen molar-refractivity contribution in [3.8, 4) is 0 Å². The third-order valence-electron chi connectivity index (χ3n) is 1.51. The van der Waals surface area contributed by atoms with Crippen molar-refractivity contribution >= 4 is 5.97 Å². The fourth-order valence-corrected chi connectivity index (χ4v) is 0.936. The van der Waals surface area contributed by atoms with E-state index in [1.165, 1.54) is 6.92 Å². The lowest BCUT2D eigenvalue weighted by Gasteiger charge is -2.00. The quantitative estimate of drug-likeness (QED) is 0.511. The van der Waals surface area contributed by atoms with Gasteiger partial charge in [0.2, 0.25) is 0 Å². The molecule has 4 nitrogen and oxygen atoms in total. The lowest BCUT2D eigenvalue weighted by Crippen LogP contribution is -2.02. The summed E-state index contributed by atoms with van der Waals surface area (Å²) in [6.45, 7) is 1.86. The predicted molar refractivity (Wildman–Crippen MR) is 47.0 cm³/mol. The van der Waals surface area contributed by atoms with E-state index in [2.05, 4.69) is 10.2 Å². The van der Waals surface area contributed by atoms with Gasteiger partial charge in [-0.3, -0.25) is 4.79 Å². The van der Waals surface area contributed by atoms with Gasteiger partial charge in [0.1, 0.15) is 0 Å². The maximum atomic E-state index is 10.4. The van der Waals surface area contributed by atoms with Crippen LogP contribution in [0.4, 0.5) is 0 Å². The first-order valence-corrected chi connectivity index (χ1v) is 4.19. The first kappa shape index (κ1) is 9.64. The smallest absolute Gasteiger partial charge is 0.302 e. The highest BCUT2D eigenvalue weighted by Crippen LogP contribution is 1.96. The van der Waals surface area contributed by atoms with Crippen LogP contribution in [0.3, 0.4) is 0 Å². The molecule has 0 aromatic carbocycles. The minimum atomic E-state index is -0.237. The summed E-state index contributed by atoms with van der Waals surface area (Å²) in [5.74, 6) is -0.237. The molecule has 0 aliphatic carbocycles. The molecule has 0 N–H and O–H groups in total. The van der Waals surface area contributed by atoms with E-state index in [1.807, 2.05) is 12.1 Å². The predicted octanol–water partition coefficient (Wildman–Crippen LogP) is 0.972. The number of rotatable bonds is 4. The number of aryl methyl sites for hydroxylation is 1. The monoisotopic (exact) mass is 180 g/mol. The van der Waals surface area contributed by atoms with Gasteiger partial charge < -0.3 is 4.74 Å². The maximum Gasteiger partial charge on any atom is 0.302 e. The molecule has 0 bridgehead atoms. The van der Waals surface area contributed by atoms with E-state index in [0.29, 0.717) is 6.61 Å². The number of carbonyl (C=O) groups excluding carboxylic acids is 1. The first-order valence-electron chi connectivity index (χ1n) is 4.19. The molecule has 0 aliphatic heterocycles. The van der Waals surface area contributed by atoms with Gasteiger partial charge in [-0.15, -0.1) is 0 Å². The molecule has 0 amide bonds. The van der Waals surface area contributed by atoms with E-state index in [1.54, 1.807) is 6.20 Å². The largest absolute Gasteiger partial charge is 0.466 e. The summed E-state index contributed by atoms with van der Waals surface area (Å²) >= 11 is 0. The lowest BCUT2D eigenvalue weighted by molar-refractivity contribution is -0.141. The summed E-state index contributed by atoms with van der Waals surface area (Å²) in [5.41, 5.74) is 0.926. The van der Waals surface area contributed by atoms with Crippen molar-refractivity contribution < 1.29 is 9.53 Å². The molecule has 0 saturated carbocycles. The summed E-state index contributed by atoms with van der Waals surface area (Å²) in [6.07, 6.45) is 3.22. The Kier molecular flexibility index (Phi) is 3.88. The Morgan fingerprint density at radius 1 is 1.62 bits per heavy atom. The SMILES string of the molecule is CC(=O)OCCCc1cccnn1. The van der Waals surface area contributed by atoms with E-state index in [9.17, 15) is 4.79 Å². The lowest BCUT2D eigenvalue weighted by atomic mass is 10.2. The number of carbonyl (C=O) groups is 1. The van der Waals surface area contributed by atoms with Crippen LogP contribution in [-0.2, 0) is 16.0 Å². The van der Waals surface area contributed by atoms with Crippen molar-refractivity contribution in [2.45, 2.75) is 19.8 Å². The van der Waals surface area contributed by atoms with E-state index < -0.39 is 0 Å². The summed E-state index contributed by atoms with van der Waals surface area (Å²) in [5, 5.41) is 7.65. The highest BCUT2D eigenvalue weighted by Gasteiger charge is 1.95. The van der Waals surface area contributed by atoms with Gasteiger partial charge in [0.15, 0.2) is 0 Å². The second-order valence-electron chi connectivity index (χ2n) is 2.66. The van der Waals surface area contributed by atoms with Crippen LogP contribution in [0.5, 0.6) is 0 Å². The summed E-state index contributed by atoms with van der Waals surface area (Å²) in [4.78, 5) is 10.4. The van der Waals surface area contributed by atoms with Crippen LogP contribution < -0.4 is 0 Å². The molecule has 0 spiro atoms. The first-order chi connectivity index (χ1) is 6.29. The van der Waals surface area contributed by atoms with E-state index in [0.717, 1.165) is 18.5 Å². The molecule has 1 rings (SSSR count). The van der Waals surface area contributed by atoms with E-state index >= 15 is 0 Å². The molecule has 1 aromatic rings. The molecule has 70 valence electrons. The summed E-state index contributed by atoms with van der Waals surface area (Å²) in [7, 11) is 0. The van der Waals surface area contributed by atoms with Crippen molar-refractivity contribution in [3.05, 3.63) is 24.0 Å². The molecule has 1 aromatic heterocycles. The van der Waals surface area contributed by atoms with Crippen LogP contribution >= 0.6 is 0 Å². The molecular weight excluding hydrogens is 168 g/mol. The van der Waals surface area contributed by atoms with Gasteiger partial charge in [-0.2, -0.15) is 10.2 Å². The van der Waals surface area contributed by atoms with Gasteiger partial charge in [-0.25, -0.2) is 0 Å². The molecular formula is C9H12N2O2. The molecule has 13 heavy (non-hydrogen) atoms. The maximum absolute atomic E-state index is 10.4. The minimum Gasteiger partial charge on any atom is -0.466 e. The van der Waals surface area contributed by atoms with Gasteiger partial charge in [0.25, 0.3) is 0 Å². The van der Waals surface area contributed by atoms with Gasteiger partial charge in [-0.1, -0.05) is 0 Å². The average molecular weight is 180 g/mol. The zero-order chi connectivity index (χ0) is 9.52. The van der Waals surface area contributed by atoms with Gasteiger partial charge in [0.05, 0.1) is 12.3 Å². The molecule has 0 unspecified atom stereocenters. The Labute approximate surface area is 76.9 Å². The van der Waals surface area contributed by atoms with Crippen molar-refractivity contribution in [1.29, 1.82) is 0 Å². The van der Waals surface area contributed by atoms with Crippen LogP contribution in [0.15, 0.2) is 18.3 Å². The fourth-order valence-electron chi connectivity index (χ4n) is 0.936. The zero-order valence-electron chi connectivity index (χ0n) is 7.56. The molecule has 0 atom stereocenters. The number of hydrogen-bond donors (Lipinski definition) is 0. The Morgan fingerprint density at radius 2 is 2.46 bits per heavy atom. The standard InChI is InChI=1S/C9H12N2O2/c1-8(12)13-7-3-5-9-4-2-6-10-11-9/h2,4,6H,3,5,7H2,1H3. The summed E-state index contributed by atoms with van der Waals surface area (Å²) < 4.78 is 4.78. The van der Waals surface area contributed by atoms with Crippen LogP contribution in [0.2, 0.25) is 0 Å². The van der Waals surface area contributed by atoms with E-state index in [4.69, 9.17) is 4.74 Å². The van der Waals surface area contributed by atoms with Gasteiger partial charge >= 0.3 is 5.97 Å². The minimum absolute atomic E-state index is 0.237. The van der Waals surface area contributed by atoms with Crippen molar-refractivity contribution in [3.63, 3.8) is 0 Å². The average Bonchev–Trinajstić information content (AvgIpc) is 2.14. The Bertz CT molecular complexity index is 262.